The summed E-state index contributed by atoms with van der Waals surface area (Å²) in [5.41, 5.74) is 1.18. The molecule has 0 aliphatic heterocycles. The highest BCUT2D eigenvalue weighted by Crippen LogP contribution is 2.06. The van der Waals surface area contributed by atoms with Crippen LogP contribution < -0.4 is 0 Å². The number of carbonyl (C=O) groups is 1. The normalized spacial score (nSPS) is 10.4. The van der Waals surface area contributed by atoms with Gasteiger partial charge in [-0.2, -0.15) is 5.10 Å². The van der Waals surface area contributed by atoms with Crippen LogP contribution >= 0.6 is 0 Å². The number of rotatable bonds is 1. The van der Waals surface area contributed by atoms with Crippen LogP contribution in [0.15, 0.2) is 24.7 Å². The zero-order chi connectivity index (χ0) is 8.55. The molecular formula is C8H7N3O. The number of fused-ring (bicyclic) bond motifs is 1. The van der Waals surface area contributed by atoms with Crippen LogP contribution in [0.5, 0.6) is 0 Å². The molecule has 0 aromatic carbocycles. The molecule has 0 bridgehead atoms. The summed E-state index contributed by atoms with van der Waals surface area (Å²) in [5, 5.41) is 3.97. The third-order valence-electron chi connectivity index (χ3n) is 1.66. The highest BCUT2D eigenvalue weighted by Gasteiger charge is 2.07. The first-order valence-electron chi connectivity index (χ1n) is 3.58. The van der Waals surface area contributed by atoms with E-state index in [2.05, 4.69) is 10.1 Å². The molecule has 4 nitrogen and oxygen atoms in total. The molecule has 0 aliphatic carbocycles. The van der Waals surface area contributed by atoms with Crippen molar-refractivity contribution in [2.45, 2.75) is 6.92 Å². The van der Waals surface area contributed by atoms with Gasteiger partial charge in [0.25, 0.3) is 0 Å². The summed E-state index contributed by atoms with van der Waals surface area (Å²) >= 11 is 0. The summed E-state index contributed by atoms with van der Waals surface area (Å²) in [4.78, 5) is 15.1. The number of nitrogens with zero attached hydrogens (tertiary/aromatic N) is 3. The van der Waals surface area contributed by atoms with Crippen LogP contribution in [0.4, 0.5) is 0 Å². The molecule has 12 heavy (non-hydrogen) atoms. The first-order chi connectivity index (χ1) is 5.79. The summed E-state index contributed by atoms with van der Waals surface area (Å²) in [5.74, 6) is -0.0105. The topological polar surface area (TPSA) is 47.3 Å². The average molecular weight is 161 g/mol. The van der Waals surface area contributed by atoms with Crippen LogP contribution in [-0.2, 0) is 0 Å². The summed E-state index contributed by atoms with van der Waals surface area (Å²) in [6.07, 6.45) is 4.93. The van der Waals surface area contributed by atoms with Gasteiger partial charge in [0.15, 0.2) is 11.4 Å². The number of hydrogen-bond acceptors (Lipinski definition) is 3. The zero-order valence-corrected chi connectivity index (χ0v) is 6.56. The largest absolute Gasteiger partial charge is 0.294 e. The van der Waals surface area contributed by atoms with E-state index in [-0.39, 0.29) is 5.78 Å². The SMILES string of the molecule is CC(=O)c1cnn2cccnc12. The second-order valence-electron chi connectivity index (χ2n) is 2.50. The van der Waals surface area contributed by atoms with Crippen LogP contribution in [0.1, 0.15) is 17.3 Å². The third-order valence-corrected chi connectivity index (χ3v) is 1.66. The molecule has 0 radical (unpaired) electrons. The molecule has 2 heterocycles. The fraction of sp³-hybridized carbons (Fsp3) is 0.125. The van der Waals surface area contributed by atoms with Gasteiger partial charge in [0.1, 0.15) is 0 Å². The molecule has 0 amide bonds. The third kappa shape index (κ3) is 0.887. The lowest BCUT2D eigenvalue weighted by molar-refractivity contribution is 0.101. The van der Waals surface area contributed by atoms with Crippen LogP contribution in [0.2, 0.25) is 0 Å². The predicted octanol–water partition coefficient (Wildman–Crippen LogP) is 0.932. The maximum absolute atomic E-state index is 11.0. The molecular weight excluding hydrogens is 154 g/mol. The lowest BCUT2D eigenvalue weighted by Gasteiger charge is -1.90. The Morgan fingerprint density at radius 2 is 2.42 bits per heavy atom. The van der Waals surface area contributed by atoms with Crippen molar-refractivity contribution in [3.05, 3.63) is 30.2 Å². The Morgan fingerprint density at radius 1 is 1.58 bits per heavy atom. The lowest BCUT2D eigenvalue weighted by Crippen LogP contribution is -1.93. The molecule has 2 aromatic rings. The van der Waals surface area contributed by atoms with Gasteiger partial charge in [-0.15, -0.1) is 0 Å². The second kappa shape index (κ2) is 2.41. The van der Waals surface area contributed by atoms with Gasteiger partial charge in [-0.3, -0.25) is 4.79 Å². The van der Waals surface area contributed by atoms with Crippen LogP contribution in [0.25, 0.3) is 5.65 Å². The molecule has 2 rings (SSSR count). The van der Waals surface area contributed by atoms with E-state index >= 15 is 0 Å². The summed E-state index contributed by atoms with van der Waals surface area (Å²) < 4.78 is 1.58. The first kappa shape index (κ1) is 6.97. The van der Waals surface area contributed by atoms with Gasteiger partial charge < -0.3 is 0 Å². The smallest absolute Gasteiger partial charge is 0.165 e. The van der Waals surface area contributed by atoms with E-state index in [4.69, 9.17) is 0 Å². The fourth-order valence-electron chi connectivity index (χ4n) is 1.08. The molecule has 0 N–H and O–H groups in total. The van der Waals surface area contributed by atoms with Gasteiger partial charge in [-0.25, -0.2) is 9.50 Å². The Morgan fingerprint density at radius 3 is 3.17 bits per heavy atom. The van der Waals surface area contributed by atoms with E-state index in [0.29, 0.717) is 11.2 Å². The number of hydrogen-bond donors (Lipinski definition) is 0. The van der Waals surface area contributed by atoms with Gasteiger partial charge in [-0.05, 0) is 13.0 Å². The molecule has 60 valence electrons. The minimum atomic E-state index is -0.0105. The van der Waals surface area contributed by atoms with Crippen molar-refractivity contribution in [3.63, 3.8) is 0 Å². The quantitative estimate of drug-likeness (QED) is 0.584. The van der Waals surface area contributed by atoms with Crippen molar-refractivity contribution in [1.82, 2.24) is 14.6 Å². The summed E-state index contributed by atoms with van der Waals surface area (Å²) in [7, 11) is 0. The van der Waals surface area contributed by atoms with Gasteiger partial charge in [0.05, 0.1) is 11.8 Å². The molecule has 0 spiro atoms. The van der Waals surface area contributed by atoms with Crippen molar-refractivity contribution in [3.8, 4) is 0 Å². The minimum absolute atomic E-state index is 0.0105. The van der Waals surface area contributed by atoms with E-state index < -0.39 is 0 Å². The van der Waals surface area contributed by atoms with Crippen molar-refractivity contribution < 1.29 is 4.79 Å². The van der Waals surface area contributed by atoms with Gasteiger partial charge >= 0.3 is 0 Å². The van der Waals surface area contributed by atoms with Crippen LogP contribution in [-0.4, -0.2) is 20.4 Å². The number of carbonyl (C=O) groups excluding carboxylic acids is 1. The van der Waals surface area contributed by atoms with E-state index in [1.165, 1.54) is 13.1 Å². The Balaban J connectivity index is 2.79. The Kier molecular flexibility index (Phi) is 1.40. The van der Waals surface area contributed by atoms with E-state index in [1.54, 1.807) is 23.0 Å². The fourth-order valence-corrected chi connectivity index (χ4v) is 1.08. The van der Waals surface area contributed by atoms with Crippen molar-refractivity contribution in [1.29, 1.82) is 0 Å². The first-order valence-corrected chi connectivity index (χ1v) is 3.58. The van der Waals surface area contributed by atoms with Crippen molar-refractivity contribution >= 4 is 11.4 Å². The molecule has 0 saturated heterocycles. The number of ketones is 1. The van der Waals surface area contributed by atoms with Crippen molar-refractivity contribution in [2.24, 2.45) is 0 Å². The van der Waals surface area contributed by atoms with Gasteiger partial charge in [-0.1, -0.05) is 0 Å². The van der Waals surface area contributed by atoms with Crippen molar-refractivity contribution in [2.75, 3.05) is 0 Å². The summed E-state index contributed by atoms with van der Waals surface area (Å²) in [6.45, 7) is 1.51. The molecule has 0 saturated carbocycles. The minimum Gasteiger partial charge on any atom is -0.294 e. The Labute approximate surface area is 68.8 Å². The van der Waals surface area contributed by atoms with Crippen LogP contribution in [0.3, 0.4) is 0 Å². The maximum atomic E-state index is 11.0. The monoisotopic (exact) mass is 161 g/mol. The highest BCUT2D eigenvalue weighted by molar-refractivity contribution is 5.99. The molecule has 0 atom stereocenters. The summed E-state index contributed by atoms with van der Waals surface area (Å²) in [6, 6.07) is 1.77. The lowest BCUT2D eigenvalue weighted by atomic mass is 10.2. The van der Waals surface area contributed by atoms with E-state index in [9.17, 15) is 4.79 Å². The molecule has 0 aliphatic rings. The Hall–Kier alpha value is -1.71. The molecule has 2 aromatic heterocycles. The molecule has 4 heteroatoms. The van der Waals surface area contributed by atoms with Crippen LogP contribution in [0, 0.1) is 0 Å². The molecule has 0 fully saturated rings. The second-order valence-corrected chi connectivity index (χ2v) is 2.50. The Bertz CT molecular complexity index is 433. The molecule has 0 unspecified atom stereocenters. The number of Topliss-reactive ketones (excluding diaryl/α,β-unsaturated/α-hetero) is 1. The van der Waals surface area contributed by atoms with Gasteiger partial charge in [0, 0.05) is 12.4 Å². The van der Waals surface area contributed by atoms with Gasteiger partial charge in [0.2, 0.25) is 0 Å². The standard InChI is InChI=1S/C8H7N3O/c1-6(12)7-5-10-11-4-2-3-9-8(7)11/h2-5H,1H3. The van der Waals surface area contributed by atoms with E-state index in [1.807, 2.05) is 0 Å². The van der Waals surface area contributed by atoms with E-state index in [0.717, 1.165) is 0 Å². The highest BCUT2D eigenvalue weighted by atomic mass is 16.1. The zero-order valence-electron chi connectivity index (χ0n) is 6.56. The maximum Gasteiger partial charge on any atom is 0.165 e. The predicted molar refractivity (Wildman–Crippen MR) is 43.0 cm³/mol. The number of aromatic nitrogens is 3. The average Bonchev–Trinajstić information content (AvgIpc) is 2.47.